The molecule has 16 heavy (non-hydrogen) atoms. The fourth-order valence-corrected chi connectivity index (χ4v) is 1.96. The van der Waals surface area contributed by atoms with Gasteiger partial charge in [0.05, 0.1) is 5.75 Å². The number of nitrogens with one attached hydrogen (secondary N) is 1. The second-order valence-electron chi connectivity index (χ2n) is 3.75. The van der Waals surface area contributed by atoms with Gasteiger partial charge in [-0.15, -0.1) is 0 Å². The van der Waals surface area contributed by atoms with Gasteiger partial charge in [0.1, 0.15) is 0 Å². The normalized spacial score (nSPS) is 12.1. The van der Waals surface area contributed by atoms with Crippen LogP contribution in [0.2, 0.25) is 0 Å². The average Bonchev–Trinajstić information content (AvgIpc) is 2.27. The molecule has 1 aromatic carbocycles. The van der Waals surface area contributed by atoms with Crippen molar-refractivity contribution in [3.05, 3.63) is 35.9 Å². The van der Waals surface area contributed by atoms with E-state index in [1.54, 1.807) is 11.8 Å². The molecule has 1 unspecified atom stereocenters. The number of benzene rings is 1. The second kappa shape index (κ2) is 7.30. The molecule has 1 rings (SSSR count). The predicted octanol–water partition coefficient (Wildman–Crippen LogP) is 1.38. The van der Waals surface area contributed by atoms with Crippen LogP contribution in [0.25, 0.3) is 0 Å². The van der Waals surface area contributed by atoms with E-state index in [-0.39, 0.29) is 11.9 Å². The van der Waals surface area contributed by atoms with Crippen LogP contribution in [0.5, 0.6) is 0 Å². The number of amides is 1. The molecule has 3 nitrogen and oxygen atoms in total. The first kappa shape index (κ1) is 13.1. The van der Waals surface area contributed by atoms with Crippen molar-refractivity contribution in [2.45, 2.75) is 19.5 Å². The molecule has 0 aromatic heterocycles. The second-order valence-corrected chi connectivity index (χ2v) is 4.78. The maximum Gasteiger partial charge on any atom is 0.230 e. The zero-order valence-electron chi connectivity index (χ0n) is 9.48. The Morgan fingerprint density at radius 1 is 1.44 bits per heavy atom. The Morgan fingerprint density at radius 3 is 2.75 bits per heavy atom. The van der Waals surface area contributed by atoms with E-state index in [0.29, 0.717) is 12.3 Å². The first-order valence-corrected chi connectivity index (χ1v) is 6.48. The fraction of sp³-hybridized carbons (Fsp3) is 0.417. The van der Waals surface area contributed by atoms with Crippen LogP contribution in [-0.2, 0) is 11.3 Å². The molecule has 0 radical (unpaired) electrons. The number of thioether (sulfide) groups is 1. The molecule has 0 fully saturated rings. The molecular formula is C12H18N2OS. The van der Waals surface area contributed by atoms with Crippen LogP contribution in [0, 0.1) is 0 Å². The smallest absolute Gasteiger partial charge is 0.230 e. The lowest BCUT2D eigenvalue weighted by Crippen LogP contribution is -2.26. The fourth-order valence-electron chi connectivity index (χ4n) is 1.19. The molecule has 0 aliphatic rings. The van der Waals surface area contributed by atoms with E-state index in [1.165, 1.54) is 0 Å². The van der Waals surface area contributed by atoms with Gasteiger partial charge in [-0.1, -0.05) is 30.3 Å². The van der Waals surface area contributed by atoms with E-state index in [9.17, 15) is 4.79 Å². The molecule has 0 saturated heterocycles. The summed E-state index contributed by atoms with van der Waals surface area (Å²) in [6.07, 6.45) is 0. The highest BCUT2D eigenvalue weighted by molar-refractivity contribution is 7.99. The van der Waals surface area contributed by atoms with E-state index in [2.05, 4.69) is 5.32 Å². The van der Waals surface area contributed by atoms with Crippen LogP contribution in [0.1, 0.15) is 12.5 Å². The van der Waals surface area contributed by atoms with Gasteiger partial charge in [0.25, 0.3) is 0 Å². The van der Waals surface area contributed by atoms with Crippen LogP contribution < -0.4 is 11.1 Å². The van der Waals surface area contributed by atoms with Gasteiger partial charge in [-0.3, -0.25) is 4.79 Å². The third-order valence-corrected chi connectivity index (χ3v) is 3.17. The molecule has 0 aliphatic heterocycles. The molecule has 1 atom stereocenters. The highest BCUT2D eigenvalue weighted by atomic mass is 32.2. The number of rotatable bonds is 6. The molecule has 0 bridgehead atoms. The lowest BCUT2D eigenvalue weighted by Gasteiger charge is -2.06. The Bertz CT molecular complexity index is 314. The molecule has 3 N–H and O–H groups in total. The van der Waals surface area contributed by atoms with Crippen LogP contribution in [0.4, 0.5) is 0 Å². The third kappa shape index (κ3) is 5.78. The molecule has 0 heterocycles. The van der Waals surface area contributed by atoms with Crippen LogP contribution in [-0.4, -0.2) is 23.5 Å². The van der Waals surface area contributed by atoms with Gasteiger partial charge in [-0.2, -0.15) is 11.8 Å². The lowest BCUT2D eigenvalue weighted by atomic mass is 10.2. The van der Waals surface area contributed by atoms with Gasteiger partial charge >= 0.3 is 0 Å². The van der Waals surface area contributed by atoms with Crippen molar-refractivity contribution in [2.75, 3.05) is 11.5 Å². The third-order valence-electron chi connectivity index (χ3n) is 1.95. The Hall–Kier alpha value is -1.00. The Labute approximate surface area is 101 Å². The molecule has 1 amide bonds. The number of hydrogen-bond donors (Lipinski definition) is 2. The van der Waals surface area contributed by atoms with Gasteiger partial charge in [0.2, 0.25) is 5.91 Å². The Balaban J connectivity index is 2.16. The van der Waals surface area contributed by atoms with Crippen molar-refractivity contribution in [1.82, 2.24) is 5.32 Å². The van der Waals surface area contributed by atoms with E-state index in [0.717, 1.165) is 11.3 Å². The zero-order chi connectivity index (χ0) is 11.8. The van der Waals surface area contributed by atoms with E-state index in [4.69, 9.17) is 5.73 Å². The SMILES string of the molecule is CC(N)CSCC(=O)NCc1ccccc1. The molecule has 0 spiro atoms. The van der Waals surface area contributed by atoms with Crippen molar-refractivity contribution in [1.29, 1.82) is 0 Å². The summed E-state index contributed by atoms with van der Waals surface area (Å²) in [5.74, 6) is 1.36. The summed E-state index contributed by atoms with van der Waals surface area (Å²) in [4.78, 5) is 11.4. The predicted molar refractivity (Wildman–Crippen MR) is 69.3 cm³/mol. The van der Waals surface area contributed by atoms with Gasteiger partial charge < -0.3 is 11.1 Å². The number of carbonyl (C=O) groups excluding carboxylic acids is 1. The van der Waals surface area contributed by atoms with Crippen LogP contribution in [0.15, 0.2) is 30.3 Å². The Kier molecular flexibility index (Phi) is 5.96. The monoisotopic (exact) mass is 238 g/mol. The lowest BCUT2D eigenvalue weighted by molar-refractivity contribution is -0.118. The van der Waals surface area contributed by atoms with Crippen molar-refractivity contribution < 1.29 is 4.79 Å². The summed E-state index contributed by atoms with van der Waals surface area (Å²) in [6, 6.07) is 10.0. The minimum atomic E-state index is 0.0644. The van der Waals surface area contributed by atoms with Gasteiger partial charge in [-0.05, 0) is 12.5 Å². The summed E-state index contributed by atoms with van der Waals surface area (Å²) >= 11 is 1.57. The average molecular weight is 238 g/mol. The van der Waals surface area contributed by atoms with Crippen molar-refractivity contribution in [2.24, 2.45) is 5.73 Å². The molecular weight excluding hydrogens is 220 g/mol. The molecule has 1 aromatic rings. The van der Waals surface area contributed by atoms with Crippen LogP contribution in [0.3, 0.4) is 0 Å². The highest BCUT2D eigenvalue weighted by Crippen LogP contribution is 2.01. The van der Waals surface area contributed by atoms with Gasteiger partial charge in [0, 0.05) is 18.3 Å². The van der Waals surface area contributed by atoms with Crippen molar-refractivity contribution in [3.8, 4) is 0 Å². The first-order chi connectivity index (χ1) is 7.68. The van der Waals surface area contributed by atoms with E-state index in [1.807, 2.05) is 37.3 Å². The first-order valence-electron chi connectivity index (χ1n) is 5.32. The topological polar surface area (TPSA) is 55.1 Å². The quantitative estimate of drug-likeness (QED) is 0.787. The van der Waals surface area contributed by atoms with Gasteiger partial charge in [0.15, 0.2) is 0 Å². The van der Waals surface area contributed by atoms with Crippen LogP contribution >= 0.6 is 11.8 Å². The zero-order valence-corrected chi connectivity index (χ0v) is 10.3. The molecule has 0 aliphatic carbocycles. The maximum atomic E-state index is 11.4. The maximum absolute atomic E-state index is 11.4. The Morgan fingerprint density at radius 2 is 2.12 bits per heavy atom. The largest absolute Gasteiger partial charge is 0.351 e. The summed E-state index contributed by atoms with van der Waals surface area (Å²) in [6.45, 7) is 2.54. The number of hydrogen-bond acceptors (Lipinski definition) is 3. The van der Waals surface area contributed by atoms with Crippen molar-refractivity contribution >= 4 is 17.7 Å². The summed E-state index contributed by atoms with van der Waals surface area (Å²) in [5, 5.41) is 2.87. The summed E-state index contributed by atoms with van der Waals surface area (Å²) in [7, 11) is 0. The molecule has 4 heteroatoms. The highest BCUT2D eigenvalue weighted by Gasteiger charge is 2.02. The molecule has 0 saturated carbocycles. The standard InChI is InChI=1S/C12H18N2OS/c1-10(13)8-16-9-12(15)14-7-11-5-3-2-4-6-11/h2-6,10H,7-9,13H2,1H3,(H,14,15). The summed E-state index contributed by atoms with van der Waals surface area (Å²) < 4.78 is 0. The number of nitrogens with two attached hydrogens (primary N) is 1. The molecule has 88 valence electrons. The van der Waals surface area contributed by atoms with E-state index < -0.39 is 0 Å². The minimum Gasteiger partial charge on any atom is -0.351 e. The minimum absolute atomic E-state index is 0.0644. The number of carbonyl (C=O) groups is 1. The van der Waals surface area contributed by atoms with Crippen molar-refractivity contribution in [3.63, 3.8) is 0 Å². The summed E-state index contributed by atoms with van der Waals surface area (Å²) in [5.41, 5.74) is 6.71. The van der Waals surface area contributed by atoms with Gasteiger partial charge in [-0.25, -0.2) is 0 Å². The van der Waals surface area contributed by atoms with E-state index >= 15 is 0 Å².